The smallest absolute Gasteiger partial charge is 0.407 e. The lowest BCUT2D eigenvalue weighted by atomic mass is 10.0. The van der Waals surface area contributed by atoms with E-state index in [0.717, 1.165) is 12.1 Å². The van der Waals surface area contributed by atoms with Gasteiger partial charge in [-0.05, 0) is 29.8 Å². The zero-order valence-corrected chi connectivity index (χ0v) is 12.5. The molecule has 0 bridgehead atoms. The van der Waals surface area contributed by atoms with Gasteiger partial charge in [0.05, 0.1) is 5.56 Å². The molecule has 2 heterocycles. The van der Waals surface area contributed by atoms with Crippen LogP contribution in [-0.2, 0) is 7.05 Å². The van der Waals surface area contributed by atoms with Crippen LogP contribution in [0.1, 0.15) is 0 Å². The summed E-state index contributed by atoms with van der Waals surface area (Å²) in [5.41, 5.74) is 5.77. The molecule has 0 atom stereocenters. The number of halogens is 2. The van der Waals surface area contributed by atoms with E-state index in [1.807, 2.05) is 0 Å². The second kappa shape index (κ2) is 6.07. The highest BCUT2D eigenvalue weighted by molar-refractivity contribution is 5.81. The summed E-state index contributed by atoms with van der Waals surface area (Å²) in [6.45, 7) is 0. The Labute approximate surface area is 135 Å². The number of pyridine rings is 1. The lowest BCUT2D eigenvalue weighted by molar-refractivity contribution is 0.208. The molecule has 8 heteroatoms. The minimum atomic E-state index is -1.19. The molecular formula is C16H12F2N4O2. The average Bonchev–Trinajstić information content (AvgIpc) is 2.92. The fourth-order valence-electron chi connectivity index (χ4n) is 2.35. The highest BCUT2D eigenvalue weighted by atomic mass is 19.1. The van der Waals surface area contributed by atoms with E-state index in [1.165, 1.54) is 4.68 Å². The van der Waals surface area contributed by atoms with Crippen molar-refractivity contribution in [3.63, 3.8) is 0 Å². The maximum atomic E-state index is 14.7. The number of benzene rings is 1. The summed E-state index contributed by atoms with van der Waals surface area (Å²) in [7, 11) is 1.63. The van der Waals surface area contributed by atoms with Crippen LogP contribution >= 0.6 is 0 Å². The molecule has 24 heavy (non-hydrogen) atoms. The van der Waals surface area contributed by atoms with Crippen LogP contribution in [0, 0.1) is 11.6 Å². The van der Waals surface area contributed by atoms with Gasteiger partial charge in [-0.2, -0.15) is 5.10 Å². The van der Waals surface area contributed by atoms with Gasteiger partial charge in [0.2, 0.25) is 0 Å². The normalized spacial score (nSPS) is 10.6. The molecule has 0 saturated carbocycles. The Balaban J connectivity index is 2.22. The van der Waals surface area contributed by atoms with Crippen LogP contribution in [0.15, 0.2) is 42.9 Å². The Bertz CT molecular complexity index is 910. The van der Waals surface area contributed by atoms with Crippen molar-refractivity contribution >= 4 is 6.09 Å². The van der Waals surface area contributed by atoms with Crippen LogP contribution in [0.3, 0.4) is 0 Å². The first kappa shape index (κ1) is 15.6. The lowest BCUT2D eigenvalue weighted by Crippen LogP contribution is -2.17. The van der Waals surface area contributed by atoms with E-state index >= 15 is 0 Å². The van der Waals surface area contributed by atoms with Crippen LogP contribution in [0.4, 0.5) is 13.6 Å². The van der Waals surface area contributed by atoms with E-state index < -0.39 is 29.0 Å². The van der Waals surface area contributed by atoms with Crippen molar-refractivity contribution in [1.29, 1.82) is 0 Å². The quantitative estimate of drug-likeness (QED) is 0.800. The van der Waals surface area contributed by atoms with Gasteiger partial charge in [-0.3, -0.25) is 9.67 Å². The molecule has 3 rings (SSSR count). The molecule has 122 valence electrons. The molecule has 2 N–H and O–H groups in total. The van der Waals surface area contributed by atoms with Crippen LogP contribution in [0.5, 0.6) is 5.75 Å². The Hall–Kier alpha value is -3.29. The predicted molar refractivity (Wildman–Crippen MR) is 82.0 cm³/mol. The van der Waals surface area contributed by atoms with Gasteiger partial charge < -0.3 is 10.5 Å². The minimum absolute atomic E-state index is 0.0774. The highest BCUT2D eigenvalue weighted by Gasteiger charge is 2.23. The van der Waals surface area contributed by atoms with E-state index in [1.54, 1.807) is 37.8 Å². The number of hydrogen-bond donors (Lipinski definition) is 1. The topological polar surface area (TPSA) is 83.0 Å². The van der Waals surface area contributed by atoms with Gasteiger partial charge in [0.15, 0.2) is 11.6 Å². The summed E-state index contributed by atoms with van der Waals surface area (Å²) in [4.78, 5) is 14.8. The maximum Gasteiger partial charge on any atom is 0.410 e. The number of nitrogens with two attached hydrogens (primary N) is 1. The number of nitrogens with zero attached hydrogens (tertiary/aromatic N) is 3. The minimum Gasteiger partial charge on any atom is -0.407 e. The summed E-state index contributed by atoms with van der Waals surface area (Å²) in [5, 5.41) is 4.14. The number of carbonyl (C=O) groups is 1. The number of primary amides is 1. The Kier molecular flexibility index (Phi) is 3.95. The monoisotopic (exact) mass is 330 g/mol. The molecule has 0 saturated heterocycles. The zero-order chi connectivity index (χ0) is 17.3. The fourth-order valence-corrected chi connectivity index (χ4v) is 2.35. The van der Waals surface area contributed by atoms with Crippen molar-refractivity contribution in [2.75, 3.05) is 0 Å². The SMILES string of the molecule is Cn1cc(-c2ccncc2)c(-c2c(F)ccc(OC(N)=O)c2F)n1. The number of aryl methyl sites for hydroxylation is 1. The summed E-state index contributed by atoms with van der Waals surface area (Å²) in [6, 6.07) is 5.37. The zero-order valence-electron chi connectivity index (χ0n) is 12.5. The van der Waals surface area contributed by atoms with Crippen molar-refractivity contribution < 1.29 is 18.3 Å². The molecule has 0 spiro atoms. The third kappa shape index (κ3) is 2.81. The maximum absolute atomic E-state index is 14.7. The largest absolute Gasteiger partial charge is 0.410 e. The van der Waals surface area contributed by atoms with Crippen molar-refractivity contribution in [3.8, 4) is 28.1 Å². The molecule has 0 aliphatic rings. The molecule has 0 radical (unpaired) electrons. The molecule has 2 aromatic heterocycles. The summed E-state index contributed by atoms with van der Waals surface area (Å²) >= 11 is 0. The molecule has 0 fully saturated rings. The standard InChI is InChI=1S/C16H12F2N4O2/c1-22-8-10(9-4-6-20-7-5-9)15(21-22)13-11(17)2-3-12(14(13)18)24-16(19)23/h2-8H,1H3,(H2,19,23). The Morgan fingerprint density at radius 2 is 1.92 bits per heavy atom. The molecule has 0 aliphatic heterocycles. The van der Waals surface area contributed by atoms with Gasteiger partial charge in [-0.25, -0.2) is 13.6 Å². The first-order chi connectivity index (χ1) is 11.5. The molecule has 0 unspecified atom stereocenters. The first-order valence-electron chi connectivity index (χ1n) is 6.87. The molecule has 1 amide bonds. The number of aromatic nitrogens is 3. The molecular weight excluding hydrogens is 318 g/mol. The predicted octanol–water partition coefficient (Wildman–Crippen LogP) is 2.88. The van der Waals surface area contributed by atoms with Crippen molar-refractivity contribution in [1.82, 2.24) is 14.8 Å². The van der Waals surface area contributed by atoms with E-state index in [0.29, 0.717) is 11.1 Å². The van der Waals surface area contributed by atoms with Gasteiger partial charge in [-0.1, -0.05) is 0 Å². The Morgan fingerprint density at radius 1 is 1.21 bits per heavy atom. The lowest BCUT2D eigenvalue weighted by Gasteiger charge is -2.09. The molecule has 6 nitrogen and oxygen atoms in total. The summed E-state index contributed by atoms with van der Waals surface area (Å²) < 4.78 is 34.9. The average molecular weight is 330 g/mol. The molecule has 0 aliphatic carbocycles. The van der Waals surface area contributed by atoms with E-state index in [-0.39, 0.29) is 5.69 Å². The highest BCUT2D eigenvalue weighted by Crippen LogP contribution is 2.36. The molecule has 3 aromatic rings. The number of carbonyl (C=O) groups excluding carboxylic acids is 1. The third-order valence-corrected chi connectivity index (χ3v) is 3.32. The number of rotatable bonds is 3. The first-order valence-corrected chi connectivity index (χ1v) is 6.87. The van der Waals surface area contributed by atoms with Gasteiger partial charge >= 0.3 is 6.09 Å². The van der Waals surface area contributed by atoms with Crippen molar-refractivity contribution in [2.45, 2.75) is 0 Å². The van der Waals surface area contributed by atoms with Crippen molar-refractivity contribution in [3.05, 3.63) is 54.5 Å². The molecule has 1 aromatic carbocycles. The second-order valence-electron chi connectivity index (χ2n) is 4.96. The Morgan fingerprint density at radius 3 is 2.58 bits per heavy atom. The fraction of sp³-hybridized carbons (Fsp3) is 0.0625. The van der Waals surface area contributed by atoms with Crippen LogP contribution in [0.2, 0.25) is 0 Å². The third-order valence-electron chi connectivity index (χ3n) is 3.32. The number of amides is 1. The van der Waals surface area contributed by atoms with Crippen LogP contribution < -0.4 is 10.5 Å². The van der Waals surface area contributed by atoms with Crippen molar-refractivity contribution in [2.24, 2.45) is 12.8 Å². The van der Waals surface area contributed by atoms with Crippen LogP contribution in [0.25, 0.3) is 22.4 Å². The summed E-state index contributed by atoms with van der Waals surface area (Å²) in [6.07, 6.45) is 3.56. The number of ether oxygens (including phenoxy) is 1. The van der Waals surface area contributed by atoms with Gasteiger partial charge in [0.25, 0.3) is 0 Å². The second-order valence-corrected chi connectivity index (χ2v) is 4.96. The van der Waals surface area contributed by atoms with Crippen LogP contribution in [-0.4, -0.2) is 20.9 Å². The van der Waals surface area contributed by atoms with Gasteiger partial charge in [0, 0.05) is 31.2 Å². The van der Waals surface area contributed by atoms with E-state index in [4.69, 9.17) is 5.73 Å². The van der Waals surface area contributed by atoms with E-state index in [2.05, 4.69) is 14.8 Å². The summed E-state index contributed by atoms with van der Waals surface area (Å²) in [5.74, 6) is -2.36. The van der Waals surface area contributed by atoms with Gasteiger partial charge in [0.1, 0.15) is 11.5 Å². The number of hydrogen-bond acceptors (Lipinski definition) is 4. The van der Waals surface area contributed by atoms with Gasteiger partial charge in [-0.15, -0.1) is 0 Å². The van der Waals surface area contributed by atoms with E-state index in [9.17, 15) is 13.6 Å².